The van der Waals surface area contributed by atoms with Crippen LogP contribution in [0.4, 0.5) is 0 Å². The Labute approximate surface area is 118 Å². The van der Waals surface area contributed by atoms with Crippen molar-refractivity contribution in [1.29, 1.82) is 0 Å². The third-order valence-corrected chi connectivity index (χ3v) is 3.02. The van der Waals surface area contributed by atoms with Gasteiger partial charge < -0.3 is 10.0 Å². The van der Waals surface area contributed by atoms with E-state index in [1.165, 1.54) is 0 Å². The van der Waals surface area contributed by atoms with E-state index < -0.39 is 0 Å². The van der Waals surface area contributed by atoms with Crippen LogP contribution in [-0.2, 0) is 0 Å². The van der Waals surface area contributed by atoms with Gasteiger partial charge in [0.15, 0.2) is 0 Å². The molecule has 0 aliphatic rings. The van der Waals surface area contributed by atoms with Crippen LogP contribution >= 0.6 is 11.8 Å². The largest absolute Gasteiger partial charge is 0.395 e. The standard InChI is InChI=1S/C14H18N2O2S/c1-16(8-10-19-2)14(18)13-7-6-12(11-15-13)5-3-4-9-17/h6-7,11,17H,4,8-10H2,1-2H3. The van der Waals surface area contributed by atoms with Gasteiger partial charge in [0.2, 0.25) is 0 Å². The number of thioether (sulfide) groups is 1. The first-order valence-corrected chi connectivity index (χ1v) is 7.38. The van der Waals surface area contributed by atoms with Gasteiger partial charge in [0, 0.05) is 37.5 Å². The summed E-state index contributed by atoms with van der Waals surface area (Å²) in [6.07, 6.45) is 4.04. The Hall–Kier alpha value is -1.51. The van der Waals surface area contributed by atoms with Gasteiger partial charge in [-0.3, -0.25) is 4.79 Å². The van der Waals surface area contributed by atoms with Crippen molar-refractivity contribution in [2.24, 2.45) is 0 Å². The molecule has 5 heteroatoms. The fourth-order valence-corrected chi connectivity index (χ4v) is 1.80. The van der Waals surface area contributed by atoms with Gasteiger partial charge in [-0.05, 0) is 18.4 Å². The molecule has 0 saturated heterocycles. The molecule has 0 radical (unpaired) electrons. The molecule has 0 aliphatic heterocycles. The van der Waals surface area contributed by atoms with Gasteiger partial charge in [-0.2, -0.15) is 11.8 Å². The molecule has 0 aromatic carbocycles. The molecule has 1 aromatic heterocycles. The molecule has 0 spiro atoms. The van der Waals surface area contributed by atoms with Crippen LogP contribution in [0.1, 0.15) is 22.5 Å². The van der Waals surface area contributed by atoms with Crippen LogP contribution in [0.2, 0.25) is 0 Å². The summed E-state index contributed by atoms with van der Waals surface area (Å²) < 4.78 is 0. The van der Waals surface area contributed by atoms with E-state index in [-0.39, 0.29) is 12.5 Å². The number of carbonyl (C=O) groups excluding carboxylic acids is 1. The van der Waals surface area contributed by atoms with Crippen molar-refractivity contribution in [2.75, 3.05) is 32.2 Å². The number of nitrogens with zero attached hydrogens (tertiary/aromatic N) is 2. The third-order valence-electron chi connectivity index (χ3n) is 2.43. The van der Waals surface area contributed by atoms with Crippen molar-refractivity contribution in [1.82, 2.24) is 9.88 Å². The Bertz CT molecular complexity index is 463. The molecular weight excluding hydrogens is 260 g/mol. The highest BCUT2D eigenvalue weighted by Gasteiger charge is 2.11. The zero-order chi connectivity index (χ0) is 14.1. The molecule has 102 valence electrons. The first kappa shape index (κ1) is 15.5. The van der Waals surface area contributed by atoms with Crippen LogP contribution in [0.25, 0.3) is 0 Å². The molecule has 1 aromatic rings. The summed E-state index contributed by atoms with van der Waals surface area (Å²) in [6.45, 7) is 0.761. The minimum absolute atomic E-state index is 0.0528. The summed E-state index contributed by atoms with van der Waals surface area (Å²) in [7, 11) is 1.77. The van der Waals surface area contributed by atoms with E-state index >= 15 is 0 Å². The Morgan fingerprint density at radius 1 is 1.53 bits per heavy atom. The summed E-state index contributed by atoms with van der Waals surface area (Å²) >= 11 is 1.70. The Balaban J connectivity index is 2.65. The molecular formula is C14H18N2O2S. The van der Waals surface area contributed by atoms with Gasteiger partial charge in [-0.15, -0.1) is 0 Å². The van der Waals surface area contributed by atoms with Gasteiger partial charge in [0.05, 0.1) is 6.61 Å². The number of aliphatic hydroxyl groups is 1. The van der Waals surface area contributed by atoms with Crippen molar-refractivity contribution in [3.05, 3.63) is 29.6 Å². The van der Waals surface area contributed by atoms with Crippen LogP contribution in [0.3, 0.4) is 0 Å². The fraction of sp³-hybridized carbons (Fsp3) is 0.429. The van der Waals surface area contributed by atoms with Crippen molar-refractivity contribution in [3.8, 4) is 11.8 Å². The molecule has 0 bridgehead atoms. The van der Waals surface area contributed by atoms with Crippen molar-refractivity contribution in [3.63, 3.8) is 0 Å². The van der Waals surface area contributed by atoms with E-state index in [1.54, 1.807) is 42.0 Å². The summed E-state index contributed by atoms with van der Waals surface area (Å²) in [6, 6.07) is 3.45. The lowest BCUT2D eigenvalue weighted by molar-refractivity contribution is 0.0798. The zero-order valence-electron chi connectivity index (χ0n) is 11.2. The number of amides is 1. The second kappa shape index (κ2) is 8.57. The normalized spacial score (nSPS) is 9.63. The number of hydrogen-bond acceptors (Lipinski definition) is 4. The van der Waals surface area contributed by atoms with Crippen molar-refractivity contribution < 1.29 is 9.90 Å². The topological polar surface area (TPSA) is 53.4 Å². The van der Waals surface area contributed by atoms with Crippen LogP contribution in [-0.4, -0.2) is 53.1 Å². The van der Waals surface area contributed by atoms with Crippen molar-refractivity contribution in [2.45, 2.75) is 6.42 Å². The van der Waals surface area contributed by atoms with Gasteiger partial charge in [-0.25, -0.2) is 4.98 Å². The maximum Gasteiger partial charge on any atom is 0.272 e. The maximum absolute atomic E-state index is 12.0. The number of aromatic nitrogens is 1. The van der Waals surface area contributed by atoms with Crippen LogP contribution in [0.15, 0.2) is 18.3 Å². The molecule has 19 heavy (non-hydrogen) atoms. The van der Waals surface area contributed by atoms with Crippen LogP contribution in [0.5, 0.6) is 0 Å². The molecule has 1 heterocycles. The predicted molar refractivity (Wildman–Crippen MR) is 78.2 cm³/mol. The lowest BCUT2D eigenvalue weighted by Crippen LogP contribution is -2.29. The molecule has 1 amide bonds. The molecule has 0 atom stereocenters. The predicted octanol–water partition coefficient (Wildman–Crippen LogP) is 1.25. The van der Waals surface area contributed by atoms with E-state index in [2.05, 4.69) is 16.8 Å². The van der Waals surface area contributed by atoms with E-state index in [0.29, 0.717) is 18.7 Å². The van der Waals surface area contributed by atoms with E-state index in [1.807, 2.05) is 6.26 Å². The Morgan fingerprint density at radius 3 is 2.89 bits per heavy atom. The third kappa shape index (κ3) is 5.33. The lowest BCUT2D eigenvalue weighted by atomic mass is 10.2. The monoisotopic (exact) mass is 278 g/mol. The average molecular weight is 278 g/mol. The SMILES string of the molecule is CSCCN(C)C(=O)c1ccc(C#CCCO)cn1. The smallest absolute Gasteiger partial charge is 0.272 e. The molecule has 0 saturated carbocycles. The summed E-state index contributed by atoms with van der Waals surface area (Å²) in [5.41, 5.74) is 1.17. The van der Waals surface area contributed by atoms with Gasteiger partial charge in [-0.1, -0.05) is 11.8 Å². The number of carbonyl (C=O) groups is 1. The summed E-state index contributed by atoms with van der Waals surface area (Å²) in [5.74, 6) is 6.52. The van der Waals surface area contributed by atoms with Crippen LogP contribution in [0, 0.1) is 11.8 Å². The molecule has 0 unspecified atom stereocenters. The van der Waals surface area contributed by atoms with Gasteiger partial charge in [0.1, 0.15) is 5.69 Å². The van der Waals surface area contributed by atoms with E-state index in [0.717, 1.165) is 11.3 Å². The number of aliphatic hydroxyl groups excluding tert-OH is 1. The highest BCUT2D eigenvalue weighted by Crippen LogP contribution is 2.03. The van der Waals surface area contributed by atoms with E-state index in [9.17, 15) is 4.79 Å². The zero-order valence-corrected chi connectivity index (χ0v) is 12.0. The van der Waals surface area contributed by atoms with Gasteiger partial charge in [0.25, 0.3) is 5.91 Å². The highest BCUT2D eigenvalue weighted by atomic mass is 32.2. The van der Waals surface area contributed by atoms with E-state index in [4.69, 9.17) is 5.11 Å². The fourth-order valence-electron chi connectivity index (χ4n) is 1.34. The quantitative estimate of drug-likeness (QED) is 0.824. The first-order chi connectivity index (χ1) is 9.19. The molecule has 1 rings (SSSR count). The molecule has 0 fully saturated rings. The molecule has 0 aliphatic carbocycles. The lowest BCUT2D eigenvalue weighted by Gasteiger charge is -2.15. The molecule has 1 N–H and O–H groups in total. The average Bonchev–Trinajstić information content (AvgIpc) is 2.45. The minimum atomic E-state index is -0.0797. The highest BCUT2D eigenvalue weighted by molar-refractivity contribution is 7.98. The number of pyridine rings is 1. The number of hydrogen-bond donors (Lipinski definition) is 1. The first-order valence-electron chi connectivity index (χ1n) is 5.99. The van der Waals surface area contributed by atoms with Crippen LogP contribution < -0.4 is 0 Å². The molecule has 4 nitrogen and oxygen atoms in total. The summed E-state index contributed by atoms with van der Waals surface area (Å²) in [5, 5.41) is 8.62. The maximum atomic E-state index is 12.0. The second-order valence-electron chi connectivity index (χ2n) is 3.93. The Kier molecular flexibility index (Phi) is 7.01. The van der Waals surface area contributed by atoms with Crippen molar-refractivity contribution >= 4 is 17.7 Å². The summed E-state index contributed by atoms with van der Waals surface area (Å²) in [4.78, 5) is 17.8. The van der Waals surface area contributed by atoms with Gasteiger partial charge >= 0.3 is 0 Å². The second-order valence-corrected chi connectivity index (χ2v) is 4.91. The Morgan fingerprint density at radius 2 is 2.32 bits per heavy atom. The number of rotatable bonds is 5. The minimum Gasteiger partial charge on any atom is -0.395 e.